The number of nitrogens with zero attached hydrogens (tertiary/aromatic N) is 1. The van der Waals surface area contributed by atoms with Crippen molar-refractivity contribution in [1.29, 1.82) is 0 Å². The van der Waals surface area contributed by atoms with Crippen LogP contribution in [0, 0.1) is 11.8 Å². The Morgan fingerprint density at radius 2 is 1.95 bits per heavy atom. The van der Waals surface area contributed by atoms with Gasteiger partial charge in [0.2, 0.25) is 0 Å². The predicted molar refractivity (Wildman–Crippen MR) is 85.1 cm³/mol. The molecule has 1 aliphatic heterocycles. The van der Waals surface area contributed by atoms with Gasteiger partial charge in [0.15, 0.2) is 0 Å². The number of ether oxygens (including phenoxy) is 1. The summed E-state index contributed by atoms with van der Waals surface area (Å²) in [6.07, 6.45) is 7.95. The zero-order valence-electron chi connectivity index (χ0n) is 14.0. The Kier molecular flexibility index (Phi) is 5.88. The first kappa shape index (κ1) is 16.3. The Labute approximate surface area is 125 Å². The number of nitrogens with one attached hydrogen (secondary N) is 1. The van der Waals surface area contributed by atoms with Gasteiger partial charge in [-0.05, 0) is 71.0 Å². The van der Waals surface area contributed by atoms with Crippen LogP contribution in [0.15, 0.2) is 0 Å². The molecule has 1 aliphatic carbocycles. The van der Waals surface area contributed by atoms with Gasteiger partial charge in [-0.2, -0.15) is 0 Å². The summed E-state index contributed by atoms with van der Waals surface area (Å²) in [6, 6.07) is 0.579. The molecule has 0 bridgehead atoms. The molecule has 1 saturated carbocycles. The van der Waals surface area contributed by atoms with Crippen molar-refractivity contribution in [2.75, 3.05) is 33.9 Å². The van der Waals surface area contributed by atoms with Gasteiger partial charge in [-0.25, -0.2) is 0 Å². The van der Waals surface area contributed by atoms with E-state index < -0.39 is 0 Å². The standard InChI is InChI=1S/C17H34N2O/c1-5-18-16(15-7-6-12-20-13-15)17(19(3)4)10-8-14(2)9-11-17/h14-16,18H,5-13H2,1-4H3. The monoisotopic (exact) mass is 282 g/mol. The van der Waals surface area contributed by atoms with E-state index >= 15 is 0 Å². The molecular formula is C17H34N2O. The maximum Gasteiger partial charge on any atom is 0.0509 e. The maximum atomic E-state index is 5.79. The van der Waals surface area contributed by atoms with E-state index in [1.165, 1.54) is 38.5 Å². The number of likely N-dealkylation sites (N-methyl/N-ethyl adjacent to an activating group) is 2. The summed E-state index contributed by atoms with van der Waals surface area (Å²) in [7, 11) is 4.56. The van der Waals surface area contributed by atoms with Crippen molar-refractivity contribution in [1.82, 2.24) is 10.2 Å². The largest absolute Gasteiger partial charge is 0.381 e. The molecule has 2 fully saturated rings. The molecular weight excluding hydrogens is 248 g/mol. The van der Waals surface area contributed by atoms with E-state index in [9.17, 15) is 0 Å². The average Bonchev–Trinajstić information content (AvgIpc) is 2.47. The summed E-state index contributed by atoms with van der Waals surface area (Å²) in [5.41, 5.74) is 0.327. The molecule has 0 radical (unpaired) electrons. The van der Waals surface area contributed by atoms with Gasteiger partial charge in [0.25, 0.3) is 0 Å². The summed E-state index contributed by atoms with van der Waals surface area (Å²) in [5, 5.41) is 3.84. The molecule has 2 atom stereocenters. The molecule has 0 aromatic rings. The van der Waals surface area contributed by atoms with Crippen LogP contribution >= 0.6 is 0 Å². The highest BCUT2D eigenvalue weighted by atomic mass is 16.5. The number of rotatable bonds is 5. The van der Waals surface area contributed by atoms with Gasteiger partial charge < -0.3 is 15.0 Å². The first-order valence-corrected chi connectivity index (χ1v) is 8.58. The highest BCUT2D eigenvalue weighted by Gasteiger charge is 2.46. The van der Waals surface area contributed by atoms with Crippen LogP contribution in [0.5, 0.6) is 0 Å². The lowest BCUT2D eigenvalue weighted by Gasteiger charge is -2.52. The van der Waals surface area contributed by atoms with Crippen LogP contribution in [0.4, 0.5) is 0 Å². The van der Waals surface area contributed by atoms with Gasteiger partial charge in [-0.15, -0.1) is 0 Å². The third kappa shape index (κ3) is 3.37. The van der Waals surface area contributed by atoms with Crippen molar-refractivity contribution < 1.29 is 4.74 Å². The third-order valence-electron chi connectivity index (χ3n) is 5.70. The summed E-state index contributed by atoms with van der Waals surface area (Å²) >= 11 is 0. The van der Waals surface area contributed by atoms with Crippen LogP contribution in [0.2, 0.25) is 0 Å². The van der Waals surface area contributed by atoms with Crippen molar-refractivity contribution in [3.8, 4) is 0 Å². The van der Waals surface area contributed by atoms with Crippen molar-refractivity contribution in [2.24, 2.45) is 11.8 Å². The van der Waals surface area contributed by atoms with Crippen LogP contribution in [0.3, 0.4) is 0 Å². The van der Waals surface area contributed by atoms with Gasteiger partial charge in [0.05, 0.1) is 6.61 Å². The smallest absolute Gasteiger partial charge is 0.0509 e. The molecule has 1 heterocycles. The zero-order chi connectivity index (χ0) is 14.6. The van der Waals surface area contributed by atoms with Crippen LogP contribution in [0.25, 0.3) is 0 Å². The summed E-state index contributed by atoms with van der Waals surface area (Å²) in [5.74, 6) is 1.58. The number of hydrogen-bond donors (Lipinski definition) is 1. The Morgan fingerprint density at radius 1 is 1.25 bits per heavy atom. The fraction of sp³-hybridized carbons (Fsp3) is 1.00. The van der Waals surface area contributed by atoms with Crippen molar-refractivity contribution in [3.05, 3.63) is 0 Å². The lowest BCUT2D eigenvalue weighted by atomic mass is 9.68. The predicted octanol–water partition coefficient (Wildman–Crippen LogP) is 2.90. The minimum Gasteiger partial charge on any atom is -0.381 e. The summed E-state index contributed by atoms with van der Waals surface area (Å²) in [6.45, 7) is 7.62. The fourth-order valence-corrected chi connectivity index (χ4v) is 4.34. The van der Waals surface area contributed by atoms with E-state index in [0.29, 0.717) is 17.5 Å². The van der Waals surface area contributed by atoms with Crippen molar-refractivity contribution >= 4 is 0 Å². The van der Waals surface area contributed by atoms with Gasteiger partial charge in [0.1, 0.15) is 0 Å². The first-order chi connectivity index (χ1) is 9.60. The molecule has 2 unspecified atom stereocenters. The minimum atomic E-state index is 0.327. The summed E-state index contributed by atoms with van der Waals surface area (Å²) < 4.78 is 5.79. The SMILES string of the molecule is CCNC(C1CCCOC1)C1(N(C)C)CCC(C)CC1. The van der Waals surface area contributed by atoms with Crippen LogP contribution in [-0.4, -0.2) is 50.3 Å². The highest BCUT2D eigenvalue weighted by Crippen LogP contribution is 2.41. The molecule has 0 amide bonds. The molecule has 3 heteroatoms. The fourth-order valence-electron chi connectivity index (χ4n) is 4.34. The molecule has 20 heavy (non-hydrogen) atoms. The topological polar surface area (TPSA) is 24.5 Å². The Balaban J connectivity index is 2.17. The lowest BCUT2D eigenvalue weighted by Crippen LogP contribution is -2.64. The van der Waals surface area contributed by atoms with E-state index in [2.05, 4.69) is 38.2 Å². The zero-order valence-corrected chi connectivity index (χ0v) is 14.0. The minimum absolute atomic E-state index is 0.327. The second-order valence-corrected chi connectivity index (χ2v) is 7.19. The van der Waals surface area contributed by atoms with Gasteiger partial charge in [0, 0.05) is 18.2 Å². The Morgan fingerprint density at radius 3 is 2.45 bits per heavy atom. The molecule has 2 aliphatic rings. The maximum absolute atomic E-state index is 5.79. The first-order valence-electron chi connectivity index (χ1n) is 8.58. The van der Waals surface area contributed by atoms with Crippen LogP contribution in [0.1, 0.15) is 52.4 Å². The van der Waals surface area contributed by atoms with E-state index in [1.807, 2.05) is 0 Å². The molecule has 118 valence electrons. The second-order valence-electron chi connectivity index (χ2n) is 7.19. The van der Waals surface area contributed by atoms with E-state index in [4.69, 9.17) is 4.74 Å². The normalized spacial score (nSPS) is 37.0. The molecule has 0 aromatic carbocycles. The second kappa shape index (κ2) is 7.24. The lowest BCUT2D eigenvalue weighted by molar-refractivity contribution is -0.0258. The molecule has 2 rings (SSSR count). The number of hydrogen-bond acceptors (Lipinski definition) is 3. The van der Waals surface area contributed by atoms with E-state index in [0.717, 1.165) is 25.7 Å². The van der Waals surface area contributed by atoms with Crippen LogP contribution in [-0.2, 0) is 4.74 Å². The van der Waals surface area contributed by atoms with E-state index in [-0.39, 0.29) is 0 Å². The highest BCUT2D eigenvalue weighted by molar-refractivity contribution is 5.04. The Bertz CT molecular complexity index is 279. The summed E-state index contributed by atoms with van der Waals surface area (Å²) in [4.78, 5) is 2.51. The van der Waals surface area contributed by atoms with Gasteiger partial charge in [-0.3, -0.25) is 0 Å². The van der Waals surface area contributed by atoms with Gasteiger partial charge in [-0.1, -0.05) is 13.8 Å². The van der Waals surface area contributed by atoms with Crippen molar-refractivity contribution in [2.45, 2.75) is 64.0 Å². The average molecular weight is 282 g/mol. The molecule has 3 nitrogen and oxygen atoms in total. The van der Waals surface area contributed by atoms with Crippen LogP contribution < -0.4 is 5.32 Å². The molecule has 1 N–H and O–H groups in total. The third-order valence-corrected chi connectivity index (χ3v) is 5.70. The molecule has 1 saturated heterocycles. The molecule has 0 spiro atoms. The Hall–Kier alpha value is -0.120. The van der Waals surface area contributed by atoms with Crippen molar-refractivity contribution in [3.63, 3.8) is 0 Å². The molecule has 0 aromatic heterocycles. The van der Waals surface area contributed by atoms with E-state index in [1.54, 1.807) is 0 Å². The quantitative estimate of drug-likeness (QED) is 0.839. The van der Waals surface area contributed by atoms with Gasteiger partial charge >= 0.3 is 0 Å².